The number of nitrogens with zero attached hydrogens (tertiary/aromatic N) is 2. The van der Waals surface area contributed by atoms with Crippen LogP contribution in [0.1, 0.15) is 64.1 Å². The smallest absolute Gasteiger partial charge is 0.243 e. The zero-order valence-electron chi connectivity index (χ0n) is 29.1. The van der Waals surface area contributed by atoms with Crippen LogP contribution in [-0.4, -0.2) is 82.3 Å². The maximum atomic E-state index is 14.0. The fourth-order valence-electron chi connectivity index (χ4n) is 5.21. The lowest BCUT2D eigenvalue weighted by Crippen LogP contribution is -2.58. The number of ketones is 1. The highest BCUT2D eigenvalue weighted by Crippen LogP contribution is 2.11. The van der Waals surface area contributed by atoms with Crippen LogP contribution >= 0.6 is 12.2 Å². The molecule has 2 aromatic rings. The van der Waals surface area contributed by atoms with Crippen LogP contribution in [0, 0.1) is 4.77 Å². The number of carbonyl (C=O) groups is 4. The van der Waals surface area contributed by atoms with Crippen molar-refractivity contribution in [3.05, 3.63) is 64.7 Å². The van der Waals surface area contributed by atoms with E-state index in [1.54, 1.807) is 24.7 Å². The van der Waals surface area contributed by atoms with Gasteiger partial charge in [0.15, 0.2) is 16.5 Å². The molecule has 14 nitrogen and oxygen atoms in total. The van der Waals surface area contributed by atoms with E-state index in [2.05, 4.69) is 37.8 Å². The molecule has 0 spiro atoms. The van der Waals surface area contributed by atoms with E-state index in [4.69, 9.17) is 29.4 Å². The number of hydrogen-bond acceptors (Lipinski definition) is 8. The Kier molecular flexibility index (Phi) is 17.4. The summed E-state index contributed by atoms with van der Waals surface area (Å²) < 4.78 is 2.16. The molecule has 3 amide bonds. The molecule has 270 valence electrons. The fourth-order valence-corrected chi connectivity index (χ4v) is 5.39. The summed E-state index contributed by atoms with van der Waals surface area (Å²) in [7, 11) is 1.76. The molecular weight excluding hydrogens is 645 g/mol. The van der Waals surface area contributed by atoms with Gasteiger partial charge in [0.25, 0.3) is 0 Å². The molecule has 0 aliphatic heterocycles. The van der Waals surface area contributed by atoms with Gasteiger partial charge in [0.05, 0.1) is 12.1 Å². The number of aliphatic imine (C=N–C) groups is 1. The Balaban J connectivity index is 2.36. The number of aromatic nitrogens is 2. The number of nitrogens with one attached hydrogen (secondary N) is 5. The van der Waals surface area contributed by atoms with Gasteiger partial charge in [-0.1, -0.05) is 50.8 Å². The first-order chi connectivity index (χ1) is 23.2. The van der Waals surface area contributed by atoms with Gasteiger partial charge in [-0.15, -0.1) is 0 Å². The van der Waals surface area contributed by atoms with Gasteiger partial charge in [0, 0.05) is 44.4 Å². The van der Waals surface area contributed by atoms with Crippen LogP contribution in [0.3, 0.4) is 0 Å². The van der Waals surface area contributed by atoms with Crippen molar-refractivity contribution in [2.45, 2.75) is 95.9 Å². The highest BCUT2D eigenvalue weighted by Gasteiger charge is 2.31. The van der Waals surface area contributed by atoms with Crippen molar-refractivity contribution in [1.82, 2.24) is 30.8 Å². The van der Waals surface area contributed by atoms with E-state index in [1.165, 1.54) is 0 Å². The predicted molar refractivity (Wildman–Crippen MR) is 195 cm³/mol. The number of hydrogen-bond donors (Lipinski definition) is 8. The lowest BCUT2D eigenvalue weighted by atomic mass is 9.98. The third-order valence-corrected chi connectivity index (χ3v) is 8.25. The van der Waals surface area contributed by atoms with E-state index < -0.39 is 41.9 Å². The first-order valence-electron chi connectivity index (χ1n) is 16.6. The standard InChI is InChI=1S/C34H54N10O4S/c1-21(2)29(45)27(18-23-12-7-6-8-13-23)42-31(47)26(14-9-10-16-35)41-32(48)28(19-24-20-39-34(49)44(24)5)43-30(46)25(40-22(3)4)15-11-17-38-33(36)37/h6-8,12-13,20,22,25-28,40H,1,9-11,14-19,35H2,2-5H3,(H,39,49)(H,41,48)(H,42,47)(H,43,46)(H4,36,37,38). The number of imidazole rings is 1. The summed E-state index contributed by atoms with van der Waals surface area (Å²) in [5.41, 5.74) is 18.5. The number of Topliss-reactive ketones (excluding diaryl/α,β-unsaturated/α-hetero) is 1. The zero-order chi connectivity index (χ0) is 36.5. The Morgan fingerprint density at radius 2 is 1.49 bits per heavy atom. The monoisotopic (exact) mass is 698 g/mol. The molecule has 1 heterocycles. The minimum atomic E-state index is -1.07. The second-order valence-electron chi connectivity index (χ2n) is 12.5. The maximum absolute atomic E-state index is 14.0. The van der Waals surface area contributed by atoms with Gasteiger partial charge in [-0.3, -0.25) is 24.2 Å². The molecule has 0 aliphatic rings. The molecule has 0 bridgehead atoms. The van der Waals surface area contributed by atoms with Crippen molar-refractivity contribution in [2.24, 2.45) is 29.2 Å². The molecule has 0 fully saturated rings. The van der Waals surface area contributed by atoms with Gasteiger partial charge in [-0.2, -0.15) is 0 Å². The van der Waals surface area contributed by atoms with Crippen LogP contribution in [0.2, 0.25) is 0 Å². The molecule has 0 aliphatic carbocycles. The molecule has 1 aromatic heterocycles. The summed E-state index contributed by atoms with van der Waals surface area (Å²) in [4.78, 5) is 61.6. The normalized spacial score (nSPS) is 13.5. The Labute approximate surface area is 294 Å². The number of benzene rings is 1. The van der Waals surface area contributed by atoms with Crippen molar-refractivity contribution in [2.75, 3.05) is 13.1 Å². The molecule has 2 rings (SSSR count). The van der Waals surface area contributed by atoms with Gasteiger partial charge in [-0.05, 0) is 68.9 Å². The van der Waals surface area contributed by atoms with E-state index in [0.717, 1.165) is 5.56 Å². The van der Waals surface area contributed by atoms with Crippen LogP contribution in [0.25, 0.3) is 0 Å². The first kappa shape index (κ1) is 40.8. The minimum Gasteiger partial charge on any atom is -0.370 e. The summed E-state index contributed by atoms with van der Waals surface area (Å²) in [6.45, 7) is 9.96. The lowest BCUT2D eigenvalue weighted by Gasteiger charge is -2.27. The summed E-state index contributed by atoms with van der Waals surface area (Å²) in [6.07, 6.45) is 4.39. The first-order valence-corrected chi connectivity index (χ1v) is 17.0. The molecule has 49 heavy (non-hydrogen) atoms. The van der Waals surface area contributed by atoms with E-state index in [-0.39, 0.29) is 37.0 Å². The van der Waals surface area contributed by atoms with E-state index in [9.17, 15) is 19.2 Å². The number of amides is 3. The third-order valence-electron chi connectivity index (χ3n) is 7.86. The van der Waals surface area contributed by atoms with Crippen molar-refractivity contribution in [3.63, 3.8) is 0 Å². The number of rotatable bonds is 22. The minimum absolute atomic E-state index is 0.0299. The van der Waals surface area contributed by atoms with Crippen molar-refractivity contribution >= 4 is 41.7 Å². The molecule has 0 radical (unpaired) electrons. The quantitative estimate of drug-likeness (QED) is 0.0288. The summed E-state index contributed by atoms with van der Waals surface area (Å²) in [5, 5.41) is 11.9. The van der Waals surface area contributed by atoms with Crippen LogP contribution in [0.5, 0.6) is 0 Å². The summed E-state index contributed by atoms with van der Waals surface area (Å²) >= 11 is 5.32. The van der Waals surface area contributed by atoms with Crippen LogP contribution in [-0.2, 0) is 39.1 Å². The summed E-state index contributed by atoms with van der Waals surface area (Å²) in [6, 6.07) is 5.69. The van der Waals surface area contributed by atoms with Crippen LogP contribution in [0.15, 0.2) is 53.7 Å². The number of carbonyl (C=O) groups excluding carboxylic acids is 4. The Morgan fingerprint density at radius 3 is 2.06 bits per heavy atom. The number of aromatic amines is 1. The third kappa shape index (κ3) is 14.4. The molecule has 15 heteroatoms. The summed E-state index contributed by atoms with van der Waals surface area (Å²) in [5.74, 6) is -1.82. The molecule has 0 saturated carbocycles. The largest absolute Gasteiger partial charge is 0.370 e. The lowest BCUT2D eigenvalue weighted by molar-refractivity contribution is -0.133. The SMILES string of the molecule is C=C(C)C(=O)C(Cc1ccccc1)NC(=O)C(CCCCN)NC(=O)C(Cc1c[nH]c(=S)n1C)NC(=O)C(CCCN=C(N)N)NC(C)C. The molecule has 0 saturated heterocycles. The second-order valence-corrected chi connectivity index (χ2v) is 12.9. The van der Waals surface area contributed by atoms with Gasteiger partial charge >= 0.3 is 0 Å². The Hall–Kier alpha value is -4.34. The number of unbranched alkanes of at least 4 members (excludes halogenated alkanes) is 1. The fraction of sp³-hybridized carbons (Fsp3) is 0.529. The van der Waals surface area contributed by atoms with Crippen LogP contribution < -0.4 is 38.5 Å². The zero-order valence-corrected chi connectivity index (χ0v) is 29.9. The topological polar surface area (TPSA) is 228 Å². The predicted octanol–water partition coefficient (Wildman–Crippen LogP) is 1.02. The van der Waals surface area contributed by atoms with Crippen molar-refractivity contribution in [3.8, 4) is 0 Å². The molecule has 4 unspecified atom stereocenters. The van der Waals surface area contributed by atoms with Crippen molar-refractivity contribution < 1.29 is 19.2 Å². The molecule has 4 atom stereocenters. The van der Waals surface area contributed by atoms with E-state index in [0.29, 0.717) is 54.8 Å². The van der Waals surface area contributed by atoms with E-state index >= 15 is 0 Å². The number of guanidine groups is 1. The molecule has 1 aromatic carbocycles. The average molecular weight is 699 g/mol. The highest BCUT2D eigenvalue weighted by atomic mass is 32.1. The Morgan fingerprint density at radius 1 is 0.898 bits per heavy atom. The average Bonchev–Trinajstić information content (AvgIpc) is 3.36. The van der Waals surface area contributed by atoms with Gasteiger partial charge in [-0.25, -0.2) is 0 Å². The highest BCUT2D eigenvalue weighted by molar-refractivity contribution is 7.71. The van der Waals surface area contributed by atoms with Gasteiger partial charge in [0.2, 0.25) is 17.7 Å². The van der Waals surface area contributed by atoms with E-state index in [1.807, 2.05) is 44.2 Å². The molecule has 11 N–H and O–H groups in total. The Bertz CT molecular complexity index is 1480. The second kappa shape index (κ2) is 20.9. The van der Waals surface area contributed by atoms with Gasteiger partial charge in [0.1, 0.15) is 12.1 Å². The van der Waals surface area contributed by atoms with Crippen LogP contribution in [0.4, 0.5) is 0 Å². The molecular formula is C34H54N10O4S. The maximum Gasteiger partial charge on any atom is 0.243 e. The number of nitrogens with two attached hydrogens (primary N) is 3. The number of H-pyrrole nitrogens is 1. The van der Waals surface area contributed by atoms with Crippen molar-refractivity contribution in [1.29, 1.82) is 0 Å². The van der Waals surface area contributed by atoms with Gasteiger partial charge < -0.3 is 48.0 Å².